The minimum absolute atomic E-state index is 0.176. The number of benzene rings is 2. The number of amides is 1. The van der Waals surface area contributed by atoms with Crippen LogP contribution in [0.15, 0.2) is 36.4 Å². The van der Waals surface area contributed by atoms with Gasteiger partial charge in [0.15, 0.2) is 0 Å². The monoisotopic (exact) mass is 289 g/mol. The number of nitriles is 1. The van der Waals surface area contributed by atoms with E-state index in [1.54, 1.807) is 0 Å². The molecule has 0 heterocycles. The summed E-state index contributed by atoms with van der Waals surface area (Å²) in [6.07, 6.45) is 0. The molecule has 100 valence electrons. The molecule has 1 amide bonds. The third-order valence-electron chi connectivity index (χ3n) is 2.58. The molecule has 4 nitrogen and oxygen atoms in total. The number of anilines is 2. The lowest BCUT2D eigenvalue weighted by atomic mass is 10.1. The predicted molar refractivity (Wildman–Crippen MR) is 74.9 cm³/mol. The molecule has 2 aromatic rings. The quantitative estimate of drug-likeness (QED) is 0.833. The molecule has 0 bridgehead atoms. The van der Waals surface area contributed by atoms with Gasteiger partial charge >= 0.3 is 0 Å². The van der Waals surface area contributed by atoms with Crippen LogP contribution in [0.1, 0.15) is 15.9 Å². The van der Waals surface area contributed by atoms with Crippen molar-refractivity contribution >= 4 is 28.9 Å². The van der Waals surface area contributed by atoms with Crippen LogP contribution in [0, 0.1) is 17.1 Å². The van der Waals surface area contributed by atoms with Crippen LogP contribution in [0.5, 0.6) is 0 Å². The largest absolute Gasteiger partial charge is 0.399 e. The molecule has 0 fully saturated rings. The predicted octanol–water partition coefficient (Wildman–Crippen LogP) is 3.19. The maximum atomic E-state index is 13.5. The van der Waals surface area contributed by atoms with Gasteiger partial charge in [-0.15, -0.1) is 0 Å². The topological polar surface area (TPSA) is 78.9 Å². The highest BCUT2D eigenvalue weighted by atomic mass is 35.5. The first-order valence-corrected chi connectivity index (χ1v) is 5.95. The van der Waals surface area contributed by atoms with Crippen LogP contribution in [0.25, 0.3) is 0 Å². The van der Waals surface area contributed by atoms with Gasteiger partial charge < -0.3 is 11.1 Å². The van der Waals surface area contributed by atoms with Gasteiger partial charge in [-0.1, -0.05) is 11.6 Å². The van der Waals surface area contributed by atoms with Gasteiger partial charge in [-0.2, -0.15) is 5.26 Å². The average Bonchev–Trinajstić information content (AvgIpc) is 2.43. The van der Waals surface area contributed by atoms with E-state index in [1.165, 1.54) is 30.3 Å². The van der Waals surface area contributed by atoms with Crippen molar-refractivity contribution in [1.29, 1.82) is 5.26 Å². The van der Waals surface area contributed by atoms with Gasteiger partial charge in [0.1, 0.15) is 5.82 Å². The van der Waals surface area contributed by atoms with E-state index in [2.05, 4.69) is 5.32 Å². The van der Waals surface area contributed by atoms with E-state index in [4.69, 9.17) is 22.6 Å². The smallest absolute Gasteiger partial charge is 0.258 e. The first-order chi connectivity index (χ1) is 9.51. The molecule has 0 aromatic heterocycles. The van der Waals surface area contributed by atoms with Crippen LogP contribution < -0.4 is 11.1 Å². The third-order valence-corrected chi connectivity index (χ3v) is 2.89. The van der Waals surface area contributed by atoms with Crippen molar-refractivity contribution in [1.82, 2.24) is 0 Å². The SMILES string of the molecule is N#Cc1ccc(NC(=O)c2cc(N)ccc2F)c(Cl)c1. The highest BCUT2D eigenvalue weighted by Gasteiger charge is 2.13. The molecule has 2 rings (SSSR count). The molecular weight excluding hydrogens is 281 g/mol. The Morgan fingerprint density at radius 1 is 1.30 bits per heavy atom. The molecule has 0 saturated heterocycles. The summed E-state index contributed by atoms with van der Waals surface area (Å²) in [5.74, 6) is -1.34. The molecule has 6 heteroatoms. The summed E-state index contributed by atoms with van der Waals surface area (Å²) in [5.41, 5.74) is 6.28. The van der Waals surface area contributed by atoms with Crippen molar-refractivity contribution in [2.24, 2.45) is 0 Å². The number of hydrogen-bond donors (Lipinski definition) is 2. The number of nitrogen functional groups attached to an aromatic ring is 1. The first kappa shape index (κ1) is 13.8. The Balaban J connectivity index is 2.28. The van der Waals surface area contributed by atoms with E-state index < -0.39 is 11.7 Å². The normalized spacial score (nSPS) is 9.85. The fourth-order valence-corrected chi connectivity index (χ4v) is 1.82. The van der Waals surface area contributed by atoms with Crippen LogP contribution >= 0.6 is 11.6 Å². The number of carbonyl (C=O) groups is 1. The van der Waals surface area contributed by atoms with Crippen LogP contribution in [-0.2, 0) is 0 Å². The van der Waals surface area contributed by atoms with Crippen LogP contribution in [0.2, 0.25) is 5.02 Å². The van der Waals surface area contributed by atoms with Crippen LogP contribution in [0.4, 0.5) is 15.8 Å². The Bertz CT molecular complexity index is 725. The zero-order chi connectivity index (χ0) is 14.7. The van der Waals surface area contributed by atoms with Crippen molar-refractivity contribution in [2.75, 3.05) is 11.1 Å². The summed E-state index contributed by atoms with van der Waals surface area (Å²) in [6, 6.07) is 10.0. The fraction of sp³-hybridized carbons (Fsp3) is 0. The number of rotatable bonds is 2. The lowest BCUT2D eigenvalue weighted by molar-refractivity contribution is 0.102. The van der Waals surface area contributed by atoms with Gasteiger partial charge in [0.25, 0.3) is 5.91 Å². The van der Waals surface area contributed by atoms with Gasteiger partial charge in [-0.05, 0) is 36.4 Å². The van der Waals surface area contributed by atoms with Crippen molar-refractivity contribution in [2.45, 2.75) is 0 Å². The molecule has 20 heavy (non-hydrogen) atoms. The zero-order valence-electron chi connectivity index (χ0n) is 10.2. The summed E-state index contributed by atoms with van der Waals surface area (Å²) in [4.78, 5) is 12.0. The number of hydrogen-bond acceptors (Lipinski definition) is 3. The van der Waals surface area contributed by atoms with E-state index in [9.17, 15) is 9.18 Å². The highest BCUT2D eigenvalue weighted by molar-refractivity contribution is 6.34. The Hall–Kier alpha value is -2.58. The maximum absolute atomic E-state index is 13.5. The number of carbonyl (C=O) groups excluding carboxylic acids is 1. The summed E-state index contributed by atoms with van der Waals surface area (Å²) in [6.45, 7) is 0. The first-order valence-electron chi connectivity index (χ1n) is 5.57. The lowest BCUT2D eigenvalue weighted by Crippen LogP contribution is -2.14. The average molecular weight is 290 g/mol. The minimum Gasteiger partial charge on any atom is -0.399 e. The van der Waals surface area contributed by atoms with E-state index in [1.807, 2.05) is 6.07 Å². The van der Waals surface area contributed by atoms with Gasteiger partial charge in [0.2, 0.25) is 0 Å². The molecule has 0 atom stereocenters. The molecule has 0 aliphatic rings. The van der Waals surface area contributed by atoms with Crippen molar-refractivity contribution in [3.8, 4) is 6.07 Å². The number of nitrogens with zero attached hydrogens (tertiary/aromatic N) is 1. The molecule has 0 radical (unpaired) electrons. The van der Waals surface area contributed by atoms with E-state index in [0.717, 1.165) is 6.07 Å². The van der Waals surface area contributed by atoms with E-state index >= 15 is 0 Å². The summed E-state index contributed by atoms with van der Waals surface area (Å²) < 4.78 is 13.5. The zero-order valence-corrected chi connectivity index (χ0v) is 10.9. The van der Waals surface area contributed by atoms with Gasteiger partial charge in [-0.3, -0.25) is 4.79 Å². The molecule has 2 aromatic carbocycles. The summed E-state index contributed by atoms with van der Waals surface area (Å²) in [7, 11) is 0. The molecule has 3 N–H and O–H groups in total. The van der Waals surface area contributed by atoms with Gasteiger partial charge in [0, 0.05) is 5.69 Å². The Morgan fingerprint density at radius 2 is 2.05 bits per heavy atom. The van der Waals surface area contributed by atoms with Crippen molar-refractivity contribution in [3.05, 3.63) is 58.4 Å². The van der Waals surface area contributed by atoms with Gasteiger partial charge in [0.05, 0.1) is 27.9 Å². The second-order valence-corrected chi connectivity index (χ2v) is 4.41. The second kappa shape index (κ2) is 5.59. The third kappa shape index (κ3) is 2.87. The van der Waals surface area contributed by atoms with Gasteiger partial charge in [-0.25, -0.2) is 4.39 Å². The second-order valence-electron chi connectivity index (χ2n) is 4.00. The fourth-order valence-electron chi connectivity index (χ4n) is 1.59. The Kier molecular flexibility index (Phi) is 3.87. The van der Waals surface area contributed by atoms with Crippen molar-refractivity contribution in [3.63, 3.8) is 0 Å². The Morgan fingerprint density at radius 3 is 2.70 bits per heavy atom. The number of halogens is 2. The summed E-state index contributed by atoms with van der Waals surface area (Å²) >= 11 is 5.93. The molecule has 0 aliphatic heterocycles. The number of nitrogens with one attached hydrogen (secondary N) is 1. The van der Waals surface area contributed by atoms with Crippen molar-refractivity contribution < 1.29 is 9.18 Å². The molecule has 0 spiro atoms. The molecule has 0 saturated carbocycles. The maximum Gasteiger partial charge on any atom is 0.258 e. The highest BCUT2D eigenvalue weighted by Crippen LogP contribution is 2.24. The molecule has 0 aliphatic carbocycles. The molecule has 0 unspecified atom stereocenters. The van der Waals surface area contributed by atoms with E-state index in [-0.39, 0.29) is 22.0 Å². The minimum atomic E-state index is -0.679. The van der Waals surface area contributed by atoms with E-state index in [0.29, 0.717) is 5.56 Å². The van der Waals surface area contributed by atoms with Crippen LogP contribution in [0.3, 0.4) is 0 Å². The number of nitrogens with two attached hydrogens (primary N) is 1. The Labute approximate surface area is 119 Å². The standard InChI is InChI=1S/C14H9ClFN3O/c15-11-5-8(7-17)1-4-13(11)19-14(20)10-6-9(18)2-3-12(10)16/h1-6H,18H2,(H,19,20). The molecular formula is C14H9ClFN3O. The lowest BCUT2D eigenvalue weighted by Gasteiger charge is -2.08. The summed E-state index contributed by atoms with van der Waals surface area (Å²) in [5, 5.41) is 11.4. The van der Waals surface area contributed by atoms with Crippen LogP contribution in [-0.4, -0.2) is 5.91 Å².